The number of anilines is 1. The second kappa shape index (κ2) is 5.17. The van der Waals surface area contributed by atoms with Crippen molar-refractivity contribution in [1.29, 1.82) is 0 Å². The molecule has 0 aliphatic heterocycles. The lowest BCUT2D eigenvalue weighted by molar-refractivity contribution is 0.102. The average Bonchev–Trinajstić information content (AvgIpc) is 2.92. The maximum absolute atomic E-state index is 12.2. The number of pyridine rings is 1. The number of aryl methyl sites for hydroxylation is 1. The lowest BCUT2D eigenvalue weighted by Gasteiger charge is -2.04. The Bertz CT molecular complexity index is 711. The van der Waals surface area contributed by atoms with Crippen LogP contribution < -0.4 is 5.32 Å². The zero-order chi connectivity index (χ0) is 13.9. The molecule has 2 aromatic heterocycles. The number of nitrogens with one attached hydrogen (secondary N) is 2. The number of benzene rings is 1. The van der Waals surface area contributed by atoms with E-state index in [0.717, 1.165) is 23.1 Å². The molecule has 0 aliphatic carbocycles. The minimum atomic E-state index is -0.160. The molecule has 1 aromatic carbocycles. The van der Waals surface area contributed by atoms with Crippen molar-refractivity contribution in [1.82, 2.24) is 9.97 Å². The standard InChI is InChI=1S/C16H15N3O/c1-2-11-5-7-12(8-6-11)18-16(20)15-10-14-13(19-15)4-3-9-17-14/h3-10,19H,2H2,1H3,(H,18,20). The molecule has 100 valence electrons. The SMILES string of the molecule is CCc1ccc(NC(=O)c2cc3ncccc3[nH]2)cc1. The number of carbonyl (C=O) groups excluding carboxylic acids is 1. The molecule has 0 aliphatic rings. The number of carbonyl (C=O) groups is 1. The topological polar surface area (TPSA) is 57.8 Å². The monoisotopic (exact) mass is 265 g/mol. The molecule has 2 heterocycles. The van der Waals surface area contributed by atoms with Crippen LogP contribution in [0.15, 0.2) is 48.7 Å². The molecule has 0 fully saturated rings. The highest BCUT2D eigenvalue weighted by molar-refractivity contribution is 6.05. The van der Waals surface area contributed by atoms with Gasteiger partial charge in [-0.3, -0.25) is 9.78 Å². The van der Waals surface area contributed by atoms with Gasteiger partial charge in [-0.25, -0.2) is 0 Å². The van der Waals surface area contributed by atoms with Gasteiger partial charge in [-0.05, 0) is 42.3 Å². The van der Waals surface area contributed by atoms with Crippen molar-refractivity contribution in [3.63, 3.8) is 0 Å². The molecule has 4 heteroatoms. The van der Waals surface area contributed by atoms with Gasteiger partial charge in [0.1, 0.15) is 5.69 Å². The summed E-state index contributed by atoms with van der Waals surface area (Å²) in [5, 5.41) is 2.87. The molecule has 2 N–H and O–H groups in total. The van der Waals surface area contributed by atoms with Crippen molar-refractivity contribution in [2.45, 2.75) is 13.3 Å². The fourth-order valence-corrected chi connectivity index (χ4v) is 2.10. The summed E-state index contributed by atoms with van der Waals surface area (Å²) in [5.74, 6) is -0.160. The van der Waals surface area contributed by atoms with Gasteiger partial charge in [-0.15, -0.1) is 0 Å². The maximum atomic E-state index is 12.2. The van der Waals surface area contributed by atoms with Gasteiger partial charge in [0.15, 0.2) is 0 Å². The highest BCUT2D eigenvalue weighted by Gasteiger charge is 2.10. The molecule has 0 atom stereocenters. The average molecular weight is 265 g/mol. The maximum Gasteiger partial charge on any atom is 0.272 e. The quantitative estimate of drug-likeness (QED) is 0.762. The summed E-state index contributed by atoms with van der Waals surface area (Å²) in [6.45, 7) is 2.10. The van der Waals surface area contributed by atoms with Gasteiger partial charge in [0.2, 0.25) is 0 Å². The number of aromatic amines is 1. The van der Waals surface area contributed by atoms with E-state index in [1.165, 1.54) is 5.56 Å². The van der Waals surface area contributed by atoms with Gasteiger partial charge < -0.3 is 10.3 Å². The summed E-state index contributed by atoms with van der Waals surface area (Å²) in [6.07, 6.45) is 2.70. The van der Waals surface area contributed by atoms with Gasteiger partial charge in [0.05, 0.1) is 11.0 Å². The van der Waals surface area contributed by atoms with Crippen molar-refractivity contribution in [3.8, 4) is 0 Å². The summed E-state index contributed by atoms with van der Waals surface area (Å²) >= 11 is 0. The number of amides is 1. The molecule has 20 heavy (non-hydrogen) atoms. The first kappa shape index (κ1) is 12.4. The Morgan fingerprint density at radius 3 is 2.75 bits per heavy atom. The molecule has 0 saturated carbocycles. The molecule has 1 amide bonds. The number of H-pyrrole nitrogens is 1. The highest BCUT2D eigenvalue weighted by Crippen LogP contribution is 2.15. The third-order valence-electron chi connectivity index (χ3n) is 3.25. The zero-order valence-electron chi connectivity index (χ0n) is 11.2. The largest absolute Gasteiger partial charge is 0.349 e. The van der Waals surface area contributed by atoms with E-state index in [0.29, 0.717) is 5.69 Å². The van der Waals surface area contributed by atoms with Crippen LogP contribution in [0.1, 0.15) is 23.0 Å². The predicted molar refractivity (Wildman–Crippen MR) is 79.9 cm³/mol. The normalized spacial score (nSPS) is 10.7. The summed E-state index contributed by atoms with van der Waals surface area (Å²) in [4.78, 5) is 19.4. The van der Waals surface area contributed by atoms with E-state index in [1.807, 2.05) is 36.4 Å². The smallest absolute Gasteiger partial charge is 0.272 e. The summed E-state index contributed by atoms with van der Waals surface area (Å²) in [6, 6.07) is 13.4. The Balaban J connectivity index is 1.81. The second-order valence-electron chi connectivity index (χ2n) is 4.62. The van der Waals surface area contributed by atoms with Crippen LogP contribution in [-0.2, 0) is 6.42 Å². The highest BCUT2D eigenvalue weighted by atomic mass is 16.1. The lowest BCUT2D eigenvalue weighted by Crippen LogP contribution is -2.12. The van der Waals surface area contributed by atoms with Crippen LogP contribution in [0.3, 0.4) is 0 Å². The zero-order valence-corrected chi connectivity index (χ0v) is 11.2. The number of hydrogen-bond donors (Lipinski definition) is 2. The Labute approximate surface area is 116 Å². The van der Waals surface area contributed by atoms with Crippen LogP contribution in [0.4, 0.5) is 5.69 Å². The van der Waals surface area contributed by atoms with E-state index in [2.05, 4.69) is 22.2 Å². The Morgan fingerprint density at radius 2 is 2.05 bits per heavy atom. The van der Waals surface area contributed by atoms with E-state index < -0.39 is 0 Å². The molecular weight excluding hydrogens is 250 g/mol. The Morgan fingerprint density at radius 1 is 1.25 bits per heavy atom. The van der Waals surface area contributed by atoms with Gasteiger partial charge >= 0.3 is 0 Å². The molecule has 0 bridgehead atoms. The predicted octanol–water partition coefficient (Wildman–Crippen LogP) is 3.38. The number of hydrogen-bond acceptors (Lipinski definition) is 2. The molecule has 0 saturated heterocycles. The Hall–Kier alpha value is -2.62. The van der Waals surface area contributed by atoms with Crippen LogP contribution in [0.25, 0.3) is 11.0 Å². The number of rotatable bonds is 3. The van der Waals surface area contributed by atoms with Crippen LogP contribution in [-0.4, -0.2) is 15.9 Å². The molecule has 3 rings (SSSR count). The lowest BCUT2D eigenvalue weighted by atomic mass is 10.1. The number of aromatic nitrogens is 2. The first-order valence-electron chi connectivity index (χ1n) is 6.60. The van der Waals surface area contributed by atoms with E-state index in [-0.39, 0.29) is 5.91 Å². The molecule has 0 spiro atoms. The fourth-order valence-electron chi connectivity index (χ4n) is 2.10. The molecular formula is C16H15N3O. The van der Waals surface area contributed by atoms with Gasteiger partial charge in [0.25, 0.3) is 5.91 Å². The summed E-state index contributed by atoms with van der Waals surface area (Å²) in [7, 11) is 0. The van der Waals surface area contributed by atoms with Crippen molar-refractivity contribution in [3.05, 3.63) is 59.9 Å². The fraction of sp³-hybridized carbons (Fsp3) is 0.125. The number of fused-ring (bicyclic) bond motifs is 1. The molecule has 4 nitrogen and oxygen atoms in total. The van der Waals surface area contributed by atoms with Crippen LogP contribution in [0, 0.1) is 0 Å². The minimum absolute atomic E-state index is 0.160. The van der Waals surface area contributed by atoms with Crippen LogP contribution >= 0.6 is 0 Å². The third-order valence-corrected chi connectivity index (χ3v) is 3.25. The van der Waals surface area contributed by atoms with Gasteiger partial charge in [-0.2, -0.15) is 0 Å². The third kappa shape index (κ3) is 2.40. The van der Waals surface area contributed by atoms with Crippen molar-refractivity contribution >= 4 is 22.6 Å². The van der Waals surface area contributed by atoms with E-state index in [9.17, 15) is 4.79 Å². The van der Waals surface area contributed by atoms with Crippen LogP contribution in [0.5, 0.6) is 0 Å². The van der Waals surface area contributed by atoms with E-state index in [4.69, 9.17) is 0 Å². The molecule has 0 radical (unpaired) electrons. The van der Waals surface area contributed by atoms with Gasteiger partial charge in [-0.1, -0.05) is 19.1 Å². The van der Waals surface area contributed by atoms with Crippen molar-refractivity contribution in [2.24, 2.45) is 0 Å². The first-order chi connectivity index (χ1) is 9.76. The Kier molecular flexibility index (Phi) is 3.21. The minimum Gasteiger partial charge on any atom is -0.349 e. The number of nitrogens with zero attached hydrogens (tertiary/aromatic N) is 1. The molecule has 3 aromatic rings. The van der Waals surface area contributed by atoms with E-state index in [1.54, 1.807) is 12.3 Å². The van der Waals surface area contributed by atoms with Gasteiger partial charge in [0, 0.05) is 11.9 Å². The molecule has 0 unspecified atom stereocenters. The van der Waals surface area contributed by atoms with Crippen molar-refractivity contribution < 1.29 is 4.79 Å². The second-order valence-corrected chi connectivity index (χ2v) is 4.62. The first-order valence-corrected chi connectivity index (χ1v) is 6.60. The summed E-state index contributed by atoms with van der Waals surface area (Å²) in [5.41, 5.74) is 4.20. The van der Waals surface area contributed by atoms with Crippen molar-refractivity contribution in [2.75, 3.05) is 5.32 Å². The van der Waals surface area contributed by atoms with Crippen LogP contribution in [0.2, 0.25) is 0 Å². The van der Waals surface area contributed by atoms with E-state index >= 15 is 0 Å². The summed E-state index contributed by atoms with van der Waals surface area (Å²) < 4.78 is 0.